The number of esters is 1. The SMILES string of the molecule is Cc1cc(C(=O)OCC(=O)Nc2ncc(Cl)c(C)c2Cl)c2ccccc2n1. The number of carbonyl (C=O) groups is 2. The molecule has 0 aliphatic carbocycles. The smallest absolute Gasteiger partial charge is 0.339 e. The molecular formula is C19H15Cl2N3O3. The molecule has 0 aliphatic rings. The predicted molar refractivity (Wildman–Crippen MR) is 104 cm³/mol. The monoisotopic (exact) mass is 403 g/mol. The van der Waals surface area contributed by atoms with Crippen molar-refractivity contribution >= 4 is 51.8 Å². The summed E-state index contributed by atoms with van der Waals surface area (Å²) in [6.45, 7) is 3.01. The summed E-state index contributed by atoms with van der Waals surface area (Å²) in [5, 5.41) is 3.79. The van der Waals surface area contributed by atoms with Crippen molar-refractivity contribution in [1.82, 2.24) is 9.97 Å². The van der Waals surface area contributed by atoms with E-state index in [1.165, 1.54) is 6.20 Å². The highest BCUT2D eigenvalue weighted by molar-refractivity contribution is 6.37. The van der Waals surface area contributed by atoms with E-state index >= 15 is 0 Å². The first kappa shape index (κ1) is 19.1. The van der Waals surface area contributed by atoms with Crippen molar-refractivity contribution in [2.24, 2.45) is 0 Å². The van der Waals surface area contributed by atoms with E-state index in [1.54, 1.807) is 32.0 Å². The minimum absolute atomic E-state index is 0.157. The molecule has 138 valence electrons. The van der Waals surface area contributed by atoms with Crippen LogP contribution in [0.2, 0.25) is 10.0 Å². The minimum Gasteiger partial charge on any atom is -0.452 e. The number of nitrogens with one attached hydrogen (secondary N) is 1. The fourth-order valence-electron chi connectivity index (χ4n) is 2.50. The summed E-state index contributed by atoms with van der Waals surface area (Å²) in [5.74, 6) is -1.02. The molecule has 27 heavy (non-hydrogen) atoms. The van der Waals surface area contributed by atoms with E-state index < -0.39 is 18.5 Å². The average Bonchev–Trinajstić information content (AvgIpc) is 2.66. The second kappa shape index (κ2) is 7.90. The van der Waals surface area contributed by atoms with Gasteiger partial charge in [-0.2, -0.15) is 0 Å². The molecule has 1 N–H and O–H groups in total. The first-order valence-electron chi connectivity index (χ1n) is 8.00. The van der Waals surface area contributed by atoms with E-state index in [-0.39, 0.29) is 10.8 Å². The molecule has 0 unspecified atom stereocenters. The van der Waals surface area contributed by atoms with Gasteiger partial charge in [0, 0.05) is 17.3 Å². The first-order chi connectivity index (χ1) is 12.9. The maximum absolute atomic E-state index is 12.4. The molecule has 0 saturated carbocycles. The largest absolute Gasteiger partial charge is 0.452 e. The molecule has 2 heterocycles. The van der Waals surface area contributed by atoms with Gasteiger partial charge in [-0.25, -0.2) is 9.78 Å². The molecule has 1 aromatic carbocycles. The highest BCUT2D eigenvalue weighted by Gasteiger charge is 2.16. The maximum atomic E-state index is 12.4. The third kappa shape index (κ3) is 4.18. The first-order valence-corrected chi connectivity index (χ1v) is 8.76. The van der Waals surface area contributed by atoms with Crippen molar-refractivity contribution in [2.75, 3.05) is 11.9 Å². The van der Waals surface area contributed by atoms with Crippen molar-refractivity contribution < 1.29 is 14.3 Å². The van der Waals surface area contributed by atoms with E-state index in [1.807, 2.05) is 12.1 Å². The fourth-order valence-corrected chi connectivity index (χ4v) is 2.89. The van der Waals surface area contributed by atoms with Crippen molar-refractivity contribution in [3.05, 3.63) is 63.4 Å². The highest BCUT2D eigenvalue weighted by atomic mass is 35.5. The molecule has 0 saturated heterocycles. The van der Waals surface area contributed by atoms with Gasteiger partial charge in [0.05, 0.1) is 21.1 Å². The highest BCUT2D eigenvalue weighted by Crippen LogP contribution is 2.28. The van der Waals surface area contributed by atoms with Crippen LogP contribution in [0.5, 0.6) is 0 Å². The van der Waals surface area contributed by atoms with Crippen LogP contribution >= 0.6 is 23.2 Å². The Kier molecular flexibility index (Phi) is 5.58. The van der Waals surface area contributed by atoms with Crippen LogP contribution in [0.3, 0.4) is 0 Å². The number of nitrogens with zero attached hydrogens (tertiary/aromatic N) is 2. The lowest BCUT2D eigenvalue weighted by atomic mass is 10.1. The number of anilines is 1. The normalized spacial score (nSPS) is 10.7. The van der Waals surface area contributed by atoms with Gasteiger partial charge in [0.25, 0.3) is 5.91 Å². The zero-order chi connectivity index (χ0) is 19.6. The number of halogens is 2. The topological polar surface area (TPSA) is 81.2 Å². The van der Waals surface area contributed by atoms with E-state index in [9.17, 15) is 9.59 Å². The van der Waals surface area contributed by atoms with Gasteiger partial charge in [0.2, 0.25) is 0 Å². The molecule has 0 bridgehead atoms. The summed E-state index contributed by atoms with van der Waals surface area (Å²) >= 11 is 12.0. The number of amides is 1. The van der Waals surface area contributed by atoms with Gasteiger partial charge in [-0.1, -0.05) is 41.4 Å². The number of fused-ring (bicyclic) bond motifs is 1. The van der Waals surface area contributed by atoms with Crippen LogP contribution in [-0.4, -0.2) is 28.5 Å². The Morgan fingerprint density at radius 1 is 1.19 bits per heavy atom. The quantitative estimate of drug-likeness (QED) is 0.654. The van der Waals surface area contributed by atoms with Crippen LogP contribution in [-0.2, 0) is 9.53 Å². The number of rotatable bonds is 4. The molecule has 3 rings (SSSR count). The van der Waals surface area contributed by atoms with Gasteiger partial charge in [0.15, 0.2) is 12.4 Å². The Morgan fingerprint density at radius 3 is 2.70 bits per heavy atom. The molecular weight excluding hydrogens is 389 g/mol. The van der Waals surface area contributed by atoms with Crippen molar-refractivity contribution in [2.45, 2.75) is 13.8 Å². The molecule has 2 aromatic heterocycles. The summed E-state index contributed by atoms with van der Waals surface area (Å²) in [7, 11) is 0. The molecule has 0 radical (unpaired) electrons. The predicted octanol–water partition coefficient (Wildman–Crippen LogP) is 4.35. The minimum atomic E-state index is -0.613. The van der Waals surface area contributed by atoms with Crippen LogP contribution in [0, 0.1) is 13.8 Å². The molecule has 1 amide bonds. The Bertz CT molecular complexity index is 1050. The number of hydrogen-bond acceptors (Lipinski definition) is 5. The fraction of sp³-hybridized carbons (Fsp3) is 0.158. The number of pyridine rings is 2. The Balaban J connectivity index is 1.71. The van der Waals surface area contributed by atoms with E-state index in [0.717, 1.165) is 0 Å². The Morgan fingerprint density at radius 2 is 1.93 bits per heavy atom. The summed E-state index contributed by atoms with van der Waals surface area (Å²) in [4.78, 5) is 32.9. The van der Waals surface area contributed by atoms with Crippen LogP contribution in [0.25, 0.3) is 10.9 Å². The number of para-hydroxylation sites is 1. The van der Waals surface area contributed by atoms with Gasteiger partial charge < -0.3 is 10.1 Å². The Hall–Kier alpha value is -2.70. The summed E-state index contributed by atoms with van der Waals surface area (Å²) in [5.41, 5.74) is 2.31. The number of benzene rings is 1. The van der Waals surface area contributed by atoms with Gasteiger partial charge in [-0.15, -0.1) is 0 Å². The molecule has 0 aliphatic heterocycles. The average molecular weight is 404 g/mol. The number of hydrogen-bond donors (Lipinski definition) is 1. The van der Waals surface area contributed by atoms with E-state index in [4.69, 9.17) is 27.9 Å². The lowest BCUT2D eigenvalue weighted by molar-refractivity contribution is -0.119. The van der Waals surface area contributed by atoms with E-state index in [2.05, 4.69) is 15.3 Å². The lowest BCUT2D eigenvalue weighted by Gasteiger charge is -2.10. The summed E-state index contributed by atoms with van der Waals surface area (Å²) < 4.78 is 5.14. The standard InChI is InChI=1S/C19H15Cl2N3O3/c1-10-7-13(12-5-3-4-6-15(12)23-10)19(26)27-9-16(25)24-18-17(21)11(2)14(20)8-22-18/h3-8H,9H2,1-2H3,(H,22,24,25). The van der Waals surface area contributed by atoms with Crippen LogP contribution < -0.4 is 5.32 Å². The molecule has 0 atom stereocenters. The lowest BCUT2D eigenvalue weighted by Crippen LogP contribution is -2.22. The Labute approximate surface area is 165 Å². The number of aryl methyl sites for hydroxylation is 1. The second-order valence-corrected chi connectivity index (χ2v) is 6.63. The van der Waals surface area contributed by atoms with Crippen LogP contribution in [0.4, 0.5) is 5.82 Å². The zero-order valence-electron chi connectivity index (χ0n) is 14.5. The molecule has 0 fully saturated rings. The van der Waals surface area contributed by atoms with Gasteiger partial charge in [-0.05, 0) is 31.5 Å². The third-order valence-corrected chi connectivity index (χ3v) is 4.70. The maximum Gasteiger partial charge on any atom is 0.339 e. The number of ether oxygens (including phenoxy) is 1. The molecule has 8 heteroatoms. The van der Waals surface area contributed by atoms with Crippen molar-refractivity contribution in [1.29, 1.82) is 0 Å². The number of aromatic nitrogens is 2. The molecule has 6 nitrogen and oxygen atoms in total. The van der Waals surface area contributed by atoms with Crippen molar-refractivity contribution in [3.63, 3.8) is 0 Å². The van der Waals surface area contributed by atoms with Gasteiger partial charge in [-0.3, -0.25) is 9.78 Å². The van der Waals surface area contributed by atoms with Crippen molar-refractivity contribution in [3.8, 4) is 0 Å². The van der Waals surface area contributed by atoms with Gasteiger partial charge >= 0.3 is 5.97 Å². The summed E-state index contributed by atoms with van der Waals surface area (Å²) in [6.07, 6.45) is 1.39. The number of carbonyl (C=O) groups excluding carboxylic acids is 2. The second-order valence-electron chi connectivity index (χ2n) is 5.85. The van der Waals surface area contributed by atoms with E-state index in [0.29, 0.717) is 32.7 Å². The van der Waals surface area contributed by atoms with Crippen LogP contribution in [0.1, 0.15) is 21.6 Å². The molecule has 3 aromatic rings. The third-order valence-electron chi connectivity index (χ3n) is 3.86. The molecule has 0 spiro atoms. The van der Waals surface area contributed by atoms with Gasteiger partial charge in [0.1, 0.15) is 0 Å². The van der Waals surface area contributed by atoms with Crippen LogP contribution in [0.15, 0.2) is 36.5 Å². The zero-order valence-corrected chi connectivity index (χ0v) is 16.1. The summed E-state index contributed by atoms with van der Waals surface area (Å²) in [6, 6.07) is 8.85.